The summed E-state index contributed by atoms with van der Waals surface area (Å²) in [5, 5.41) is 1.21. The molecule has 0 radical (unpaired) electrons. The second kappa shape index (κ2) is 6.38. The second-order valence-corrected chi connectivity index (χ2v) is 7.40. The van der Waals surface area contributed by atoms with E-state index in [1.54, 1.807) is 7.11 Å². The molecule has 1 aliphatic rings. The van der Waals surface area contributed by atoms with Gasteiger partial charge in [0.15, 0.2) is 0 Å². The number of methoxy groups -OCH3 is 1. The zero-order valence-corrected chi connectivity index (χ0v) is 14.9. The van der Waals surface area contributed by atoms with Crippen molar-refractivity contribution in [1.82, 2.24) is 9.88 Å². The number of rotatable bonds is 2. The van der Waals surface area contributed by atoms with Crippen molar-refractivity contribution in [2.24, 2.45) is 0 Å². The van der Waals surface area contributed by atoms with Crippen LogP contribution < -0.4 is 4.74 Å². The van der Waals surface area contributed by atoms with Crippen LogP contribution in [-0.4, -0.2) is 41.8 Å². The Labute approximate surface area is 142 Å². The minimum atomic E-state index is -0.443. The fourth-order valence-electron chi connectivity index (χ4n) is 3.29. The fourth-order valence-corrected chi connectivity index (χ4v) is 3.29. The van der Waals surface area contributed by atoms with Crippen LogP contribution in [0.4, 0.5) is 4.79 Å². The number of likely N-dealkylation sites (tertiary alicyclic amines) is 1. The Bertz CT molecular complexity index is 722. The van der Waals surface area contributed by atoms with Gasteiger partial charge < -0.3 is 19.4 Å². The molecule has 1 aromatic carbocycles. The van der Waals surface area contributed by atoms with Crippen molar-refractivity contribution >= 4 is 17.0 Å². The van der Waals surface area contributed by atoms with Gasteiger partial charge in [-0.3, -0.25) is 0 Å². The molecule has 5 nitrogen and oxygen atoms in total. The van der Waals surface area contributed by atoms with E-state index < -0.39 is 5.60 Å². The summed E-state index contributed by atoms with van der Waals surface area (Å²) >= 11 is 0. The first-order chi connectivity index (χ1) is 11.4. The fraction of sp³-hybridized carbons (Fsp3) is 0.526. The topological polar surface area (TPSA) is 54.6 Å². The van der Waals surface area contributed by atoms with E-state index in [0.29, 0.717) is 5.92 Å². The largest absolute Gasteiger partial charge is 0.497 e. The third-order valence-corrected chi connectivity index (χ3v) is 4.51. The molecule has 1 aliphatic heterocycles. The van der Waals surface area contributed by atoms with Gasteiger partial charge in [0.2, 0.25) is 0 Å². The minimum absolute atomic E-state index is 0.207. The van der Waals surface area contributed by atoms with E-state index in [1.165, 1.54) is 10.9 Å². The lowest BCUT2D eigenvalue weighted by Crippen LogP contribution is -2.41. The molecule has 5 heteroatoms. The van der Waals surface area contributed by atoms with Crippen LogP contribution in [0.2, 0.25) is 0 Å². The second-order valence-electron chi connectivity index (χ2n) is 7.40. The van der Waals surface area contributed by atoms with Crippen LogP contribution in [-0.2, 0) is 4.74 Å². The quantitative estimate of drug-likeness (QED) is 0.893. The molecule has 0 unspecified atom stereocenters. The lowest BCUT2D eigenvalue weighted by Gasteiger charge is -2.33. The summed E-state index contributed by atoms with van der Waals surface area (Å²) in [7, 11) is 1.69. The van der Waals surface area contributed by atoms with Crippen molar-refractivity contribution < 1.29 is 14.3 Å². The van der Waals surface area contributed by atoms with Crippen molar-refractivity contribution in [1.29, 1.82) is 0 Å². The third-order valence-electron chi connectivity index (χ3n) is 4.51. The Morgan fingerprint density at radius 3 is 2.58 bits per heavy atom. The monoisotopic (exact) mass is 330 g/mol. The summed E-state index contributed by atoms with van der Waals surface area (Å²) in [6.45, 7) is 7.16. The molecule has 1 saturated heterocycles. The van der Waals surface area contributed by atoms with Crippen molar-refractivity contribution in [3.05, 3.63) is 30.0 Å². The summed E-state index contributed by atoms with van der Waals surface area (Å²) in [4.78, 5) is 17.3. The van der Waals surface area contributed by atoms with Gasteiger partial charge >= 0.3 is 6.09 Å². The predicted molar refractivity (Wildman–Crippen MR) is 94.6 cm³/mol. The summed E-state index contributed by atoms with van der Waals surface area (Å²) in [5.41, 5.74) is 1.99. The molecule has 3 rings (SSSR count). The van der Waals surface area contributed by atoms with Crippen molar-refractivity contribution in [3.8, 4) is 5.75 Å². The van der Waals surface area contributed by atoms with Crippen molar-refractivity contribution in [3.63, 3.8) is 0 Å². The maximum atomic E-state index is 12.2. The number of ether oxygens (including phenoxy) is 2. The molecule has 1 fully saturated rings. The molecule has 0 bridgehead atoms. The highest BCUT2D eigenvalue weighted by Crippen LogP contribution is 2.34. The Hall–Kier alpha value is -2.17. The summed E-state index contributed by atoms with van der Waals surface area (Å²) in [5.74, 6) is 1.32. The van der Waals surface area contributed by atoms with Gasteiger partial charge in [-0.1, -0.05) is 0 Å². The van der Waals surface area contributed by atoms with Crippen LogP contribution in [0.15, 0.2) is 24.4 Å². The van der Waals surface area contributed by atoms with Gasteiger partial charge in [-0.2, -0.15) is 0 Å². The summed E-state index contributed by atoms with van der Waals surface area (Å²) in [6, 6.07) is 6.10. The number of carbonyl (C=O) groups excluding carboxylic acids is 1. The van der Waals surface area contributed by atoms with Gasteiger partial charge in [0.05, 0.1) is 7.11 Å². The molecule has 0 atom stereocenters. The molecule has 130 valence electrons. The molecule has 1 N–H and O–H groups in total. The Kier molecular flexibility index (Phi) is 4.43. The highest BCUT2D eigenvalue weighted by Gasteiger charge is 2.28. The first-order valence-corrected chi connectivity index (χ1v) is 8.50. The van der Waals surface area contributed by atoms with Crippen LogP contribution in [0, 0.1) is 0 Å². The Morgan fingerprint density at radius 1 is 1.25 bits per heavy atom. The molecule has 0 saturated carbocycles. The van der Waals surface area contributed by atoms with Gasteiger partial charge in [0.1, 0.15) is 11.4 Å². The maximum Gasteiger partial charge on any atom is 0.410 e. The maximum absolute atomic E-state index is 12.2. The molecule has 2 heterocycles. The number of fused-ring (bicyclic) bond motifs is 1. The van der Waals surface area contributed by atoms with Gasteiger partial charge in [0.25, 0.3) is 0 Å². The number of aromatic nitrogens is 1. The van der Waals surface area contributed by atoms with E-state index in [4.69, 9.17) is 9.47 Å². The Balaban J connectivity index is 1.70. The number of nitrogens with one attached hydrogen (secondary N) is 1. The van der Waals surface area contributed by atoms with E-state index in [0.717, 1.165) is 37.2 Å². The predicted octanol–water partition coefficient (Wildman–Crippen LogP) is 4.29. The van der Waals surface area contributed by atoms with Gasteiger partial charge in [-0.15, -0.1) is 0 Å². The standard InChI is InChI=1S/C19H26N2O3/c1-19(2,3)24-18(22)21-9-7-13(8-10-21)16-12-20-17-6-5-14(23-4)11-15(16)17/h5-6,11-13,20H,7-10H2,1-4H3. The number of carbonyl (C=O) groups is 1. The number of amides is 1. The van der Waals surface area contributed by atoms with E-state index in [1.807, 2.05) is 37.8 Å². The van der Waals surface area contributed by atoms with E-state index in [2.05, 4.69) is 17.2 Å². The average Bonchev–Trinajstić information content (AvgIpc) is 2.96. The molecule has 1 aromatic heterocycles. The third kappa shape index (κ3) is 3.50. The first kappa shape index (κ1) is 16.7. The minimum Gasteiger partial charge on any atom is -0.497 e. The lowest BCUT2D eigenvalue weighted by atomic mass is 9.89. The molecular formula is C19H26N2O3. The van der Waals surface area contributed by atoms with Gasteiger partial charge in [-0.25, -0.2) is 4.79 Å². The smallest absolute Gasteiger partial charge is 0.410 e. The number of benzene rings is 1. The number of hydrogen-bond donors (Lipinski definition) is 1. The zero-order chi connectivity index (χ0) is 17.3. The number of piperidine rings is 1. The molecule has 1 amide bonds. The van der Waals surface area contributed by atoms with Crippen molar-refractivity contribution in [2.45, 2.75) is 45.1 Å². The average molecular weight is 330 g/mol. The van der Waals surface area contributed by atoms with Crippen LogP contribution in [0.1, 0.15) is 45.1 Å². The Morgan fingerprint density at radius 2 is 1.96 bits per heavy atom. The van der Waals surface area contributed by atoms with E-state index >= 15 is 0 Å². The van der Waals surface area contributed by atoms with Crippen molar-refractivity contribution in [2.75, 3.05) is 20.2 Å². The number of H-pyrrole nitrogens is 1. The number of nitrogens with zero attached hydrogens (tertiary/aromatic N) is 1. The van der Waals surface area contributed by atoms with Crippen LogP contribution >= 0.6 is 0 Å². The van der Waals surface area contributed by atoms with E-state index in [9.17, 15) is 4.79 Å². The van der Waals surface area contributed by atoms with Crippen LogP contribution in [0.25, 0.3) is 10.9 Å². The molecule has 0 spiro atoms. The first-order valence-electron chi connectivity index (χ1n) is 8.50. The van der Waals surface area contributed by atoms with Gasteiger partial charge in [0, 0.05) is 30.2 Å². The summed E-state index contributed by atoms with van der Waals surface area (Å²) < 4.78 is 10.8. The number of aromatic amines is 1. The number of hydrogen-bond acceptors (Lipinski definition) is 3. The normalized spacial score (nSPS) is 16.4. The van der Waals surface area contributed by atoms with Crippen LogP contribution in [0.5, 0.6) is 5.75 Å². The molecule has 24 heavy (non-hydrogen) atoms. The van der Waals surface area contributed by atoms with E-state index in [-0.39, 0.29) is 6.09 Å². The van der Waals surface area contributed by atoms with Gasteiger partial charge in [-0.05, 0) is 63.3 Å². The molecular weight excluding hydrogens is 304 g/mol. The molecule has 2 aromatic rings. The highest BCUT2D eigenvalue weighted by molar-refractivity contribution is 5.85. The zero-order valence-electron chi connectivity index (χ0n) is 14.9. The lowest BCUT2D eigenvalue weighted by molar-refractivity contribution is 0.0205. The summed E-state index contributed by atoms with van der Waals surface area (Å²) in [6.07, 6.45) is 3.78. The highest BCUT2D eigenvalue weighted by atomic mass is 16.6. The van der Waals surface area contributed by atoms with Crippen LogP contribution in [0.3, 0.4) is 0 Å². The molecule has 0 aliphatic carbocycles. The SMILES string of the molecule is COc1ccc2[nH]cc(C3CCN(C(=O)OC(C)(C)C)CC3)c2c1.